The molecule has 2 heterocycles. The smallest absolute Gasteiger partial charge is 0.444 e. The van der Waals surface area contributed by atoms with Crippen molar-refractivity contribution in [1.82, 2.24) is 5.32 Å². The van der Waals surface area contributed by atoms with Crippen molar-refractivity contribution in [2.75, 3.05) is 17.6 Å². The van der Waals surface area contributed by atoms with Crippen LogP contribution in [0.2, 0.25) is 5.02 Å². The predicted octanol–water partition coefficient (Wildman–Crippen LogP) is 3.11. The first-order chi connectivity index (χ1) is 12.2. The Morgan fingerprint density at radius 3 is 3.00 bits per heavy atom. The van der Waals surface area contributed by atoms with E-state index in [1.54, 1.807) is 0 Å². The van der Waals surface area contributed by atoms with Gasteiger partial charge in [-0.3, -0.25) is 0 Å². The monoisotopic (exact) mass is 436 g/mol. The minimum atomic E-state index is -1.00. The first kappa shape index (κ1) is 20.2. The molecule has 0 bridgehead atoms. The van der Waals surface area contributed by atoms with E-state index in [1.807, 2.05) is 26.8 Å². The summed E-state index contributed by atoms with van der Waals surface area (Å²) in [5.74, 6) is 0.634. The molecule has 2 aliphatic rings. The lowest BCUT2D eigenvalue weighted by Gasteiger charge is -2.19. The number of amides is 1. The van der Waals surface area contributed by atoms with Crippen LogP contribution in [0.5, 0.6) is 0 Å². The van der Waals surface area contributed by atoms with Crippen molar-refractivity contribution in [2.45, 2.75) is 37.9 Å². The Hall–Kier alpha value is -0.575. The summed E-state index contributed by atoms with van der Waals surface area (Å²) in [6, 6.07) is 1.93. The van der Waals surface area contributed by atoms with Crippen LogP contribution >= 0.6 is 43.7 Å². The molecule has 0 aliphatic carbocycles. The Kier molecular flexibility index (Phi) is 6.06. The molecule has 1 atom stereocenters. The van der Waals surface area contributed by atoms with E-state index in [1.165, 1.54) is 11.8 Å². The summed E-state index contributed by atoms with van der Waals surface area (Å²) in [7, 11) is 4.92. The Morgan fingerprint density at radius 1 is 1.58 bits per heavy atom. The van der Waals surface area contributed by atoms with Gasteiger partial charge >= 0.3 is 13.2 Å². The molecular weight excluding hydrogens is 418 g/mol. The number of ether oxygens (including phenoxy) is 1. The molecule has 1 amide bonds. The molecule has 1 aromatic rings. The number of hydrogen-bond donors (Lipinski definition) is 3. The van der Waals surface area contributed by atoms with Crippen molar-refractivity contribution >= 4 is 72.4 Å². The summed E-state index contributed by atoms with van der Waals surface area (Å²) in [4.78, 5) is 12.5. The van der Waals surface area contributed by atoms with E-state index >= 15 is 0 Å². The largest absolute Gasteiger partial charge is 0.493 e. The number of anilines is 1. The van der Waals surface area contributed by atoms with E-state index in [4.69, 9.17) is 31.7 Å². The van der Waals surface area contributed by atoms with Gasteiger partial charge in [0.2, 0.25) is 0 Å². The third-order valence-corrected chi connectivity index (χ3v) is 7.97. The molecule has 0 saturated carbocycles. The van der Waals surface area contributed by atoms with Crippen LogP contribution in [-0.4, -0.2) is 40.5 Å². The molecule has 142 valence electrons. The standard InChI is InChI=1S/C15H19BCl2N2O4S2/c1-15(2,3)24-13(21)19-4-5-25-14-20-12-9(26(14)18)6-8-7-23-16(22)10(8)11(12)17/h6,20,22H,4-5,7H2,1-3H3,(H,19,21). The normalized spacial score (nSPS) is 18.5. The molecule has 0 spiro atoms. The highest BCUT2D eigenvalue weighted by molar-refractivity contribution is 8.45. The number of fused-ring (bicyclic) bond motifs is 2. The number of carbonyl (C=O) groups excluding carboxylic acids is 1. The van der Waals surface area contributed by atoms with E-state index < -0.39 is 28.5 Å². The summed E-state index contributed by atoms with van der Waals surface area (Å²) in [6.45, 7) is 6.23. The summed E-state index contributed by atoms with van der Waals surface area (Å²) in [6.07, 6.45) is -0.441. The number of nitrogens with one attached hydrogen (secondary N) is 2. The van der Waals surface area contributed by atoms with E-state index in [9.17, 15) is 9.82 Å². The van der Waals surface area contributed by atoms with E-state index in [-0.39, 0.29) is 0 Å². The maximum absolute atomic E-state index is 11.6. The van der Waals surface area contributed by atoms with Crippen molar-refractivity contribution in [3.05, 3.63) is 16.7 Å². The maximum atomic E-state index is 11.6. The van der Waals surface area contributed by atoms with Gasteiger partial charge in [0.25, 0.3) is 0 Å². The number of hydrogen-bond acceptors (Lipinski definition) is 6. The zero-order valence-corrected chi connectivity index (χ0v) is 17.7. The van der Waals surface area contributed by atoms with Crippen molar-refractivity contribution in [3.8, 4) is 0 Å². The Bertz CT molecular complexity index is 786. The summed E-state index contributed by atoms with van der Waals surface area (Å²) in [5.41, 5.74) is 1.66. The third kappa shape index (κ3) is 4.29. The number of thioether (sulfide) groups is 1. The quantitative estimate of drug-likeness (QED) is 0.383. The molecule has 26 heavy (non-hydrogen) atoms. The van der Waals surface area contributed by atoms with Crippen molar-refractivity contribution in [3.63, 3.8) is 0 Å². The molecule has 0 saturated heterocycles. The Balaban J connectivity index is 1.60. The fraction of sp³-hybridized carbons (Fsp3) is 0.467. The van der Waals surface area contributed by atoms with Crippen LogP contribution in [0.15, 0.2) is 11.0 Å². The second kappa shape index (κ2) is 7.81. The Labute approximate surface area is 168 Å². The van der Waals surface area contributed by atoms with Crippen LogP contribution in [0.1, 0.15) is 26.3 Å². The maximum Gasteiger partial charge on any atom is 0.493 e. The van der Waals surface area contributed by atoms with E-state index in [0.717, 1.165) is 20.5 Å². The van der Waals surface area contributed by atoms with Gasteiger partial charge in [-0.1, -0.05) is 23.4 Å². The SMILES string of the molecule is CC(C)(C)OC(=O)NCCSC1=S(Cl)c2cc3c(c(Cl)c2N1)B(O)OC3. The highest BCUT2D eigenvalue weighted by Crippen LogP contribution is 2.49. The number of halogens is 2. The second-order valence-corrected chi connectivity index (χ2v) is 10.8. The number of rotatable bonds is 3. The van der Waals surface area contributed by atoms with Crippen LogP contribution in [0.4, 0.5) is 10.5 Å². The minimum Gasteiger partial charge on any atom is -0.444 e. The fourth-order valence-electron chi connectivity index (χ4n) is 2.53. The van der Waals surface area contributed by atoms with Crippen LogP contribution in [-0.2, 0) is 16.0 Å². The van der Waals surface area contributed by atoms with Gasteiger partial charge in [0, 0.05) is 22.7 Å². The van der Waals surface area contributed by atoms with Crippen LogP contribution in [0, 0.1) is 0 Å². The summed E-state index contributed by atoms with van der Waals surface area (Å²) >= 11 is 7.96. The summed E-state index contributed by atoms with van der Waals surface area (Å²) in [5, 5.41) is 16.3. The topological polar surface area (TPSA) is 79.8 Å². The van der Waals surface area contributed by atoms with Crippen LogP contribution in [0.25, 0.3) is 0 Å². The minimum absolute atomic E-state index is 0.319. The fourth-order valence-corrected chi connectivity index (χ4v) is 6.30. The van der Waals surface area contributed by atoms with Crippen molar-refractivity contribution in [2.24, 2.45) is 0 Å². The van der Waals surface area contributed by atoms with Crippen LogP contribution < -0.4 is 16.1 Å². The zero-order chi connectivity index (χ0) is 19.1. The molecule has 0 fully saturated rings. The van der Waals surface area contributed by atoms with E-state index in [0.29, 0.717) is 29.4 Å². The van der Waals surface area contributed by atoms with Gasteiger partial charge in [0.1, 0.15) is 9.92 Å². The molecule has 1 unspecified atom stereocenters. The average Bonchev–Trinajstić information content (AvgIpc) is 3.05. The van der Waals surface area contributed by atoms with Gasteiger partial charge in [-0.15, -0.1) is 0 Å². The highest BCUT2D eigenvalue weighted by Gasteiger charge is 2.35. The lowest BCUT2D eigenvalue weighted by atomic mass is 9.79. The van der Waals surface area contributed by atoms with Gasteiger partial charge < -0.3 is 25.0 Å². The number of carbonyl (C=O) groups is 1. The molecule has 11 heteroatoms. The molecule has 3 N–H and O–H groups in total. The molecular formula is C15H19BCl2N2O4S2. The van der Waals surface area contributed by atoms with Gasteiger partial charge in [-0.2, -0.15) is 0 Å². The number of alkyl carbamates (subject to hydrolysis) is 1. The van der Waals surface area contributed by atoms with Crippen molar-refractivity contribution in [1.29, 1.82) is 0 Å². The number of benzene rings is 1. The lowest BCUT2D eigenvalue weighted by molar-refractivity contribution is 0.0531. The molecule has 0 radical (unpaired) electrons. The lowest BCUT2D eigenvalue weighted by Crippen LogP contribution is -2.33. The molecule has 2 aliphatic heterocycles. The second-order valence-electron chi connectivity index (χ2n) is 6.75. The first-order valence-corrected chi connectivity index (χ1v) is 11.4. The van der Waals surface area contributed by atoms with E-state index in [2.05, 4.69) is 10.6 Å². The Morgan fingerprint density at radius 2 is 2.31 bits per heavy atom. The predicted molar refractivity (Wildman–Crippen MR) is 111 cm³/mol. The summed E-state index contributed by atoms with van der Waals surface area (Å²) < 4.78 is 11.3. The average molecular weight is 437 g/mol. The first-order valence-electron chi connectivity index (χ1n) is 7.96. The molecule has 3 rings (SSSR count). The van der Waals surface area contributed by atoms with Gasteiger partial charge in [-0.25, -0.2) is 4.79 Å². The third-order valence-electron chi connectivity index (χ3n) is 3.58. The molecule has 0 aromatic heterocycles. The van der Waals surface area contributed by atoms with Crippen molar-refractivity contribution < 1.29 is 19.2 Å². The molecule has 6 nitrogen and oxygen atoms in total. The van der Waals surface area contributed by atoms with Gasteiger partial charge in [0.05, 0.1) is 17.3 Å². The zero-order valence-electron chi connectivity index (χ0n) is 14.5. The highest BCUT2D eigenvalue weighted by atomic mass is 35.7. The van der Waals surface area contributed by atoms with Crippen LogP contribution in [0.3, 0.4) is 0 Å². The van der Waals surface area contributed by atoms with Gasteiger partial charge in [0.15, 0.2) is 0 Å². The molecule has 1 aromatic carbocycles. The van der Waals surface area contributed by atoms with Gasteiger partial charge in [-0.05, 0) is 52.8 Å².